The molecule has 1 N–H and O–H groups in total. The zero-order chi connectivity index (χ0) is 21.3. The lowest BCUT2D eigenvalue weighted by atomic mass is 10.2. The predicted octanol–water partition coefficient (Wildman–Crippen LogP) is 4.10. The van der Waals surface area contributed by atoms with Crippen LogP contribution in [0.4, 0.5) is 24.5 Å². The molecule has 0 radical (unpaired) electrons. The Hall–Kier alpha value is -3.34. The van der Waals surface area contributed by atoms with Crippen LogP contribution in [0.5, 0.6) is 5.75 Å². The van der Waals surface area contributed by atoms with Crippen molar-refractivity contribution in [3.05, 3.63) is 63.1 Å². The summed E-state index contributed by atoms with van der Waals surface area (Å²) < 4.78 is 44.8. The molecule has 3 rings (SSSR count). The number of nitro benzene ring substituents is 1. The van der Waals surface area contributed by atoms with Crippen LogP contribution in [0.15, 0.2) is 36.7 Å². The van der Waals surface area contributed by atoms with Crippen LogP contribution in [0, 0.1) is 10.1 Å². The van der Waals surface area contributed by atoms with Gasteiger partial charge in [-0.05, 0) is 12.1 Å². The van der Waals surface area contributed by atoms with E-state index in [9.17, 15) is 28.1 Å². The topological polar surface area (TPSA) is 98.8 Å². The van der Waals surface area contributed by atoms with Gasteiger partial charge in [0.25, 0.3) is 5.69 Å². The minimum atomic E-state index is -4.59. The molecule has 3 aromatic rings. The van der Waals surface area contributed by atoms with Gasteiger partial charge in [-0.2, -0.15) is 13.2 Å². The molecule has 0 aliphatic heterocycles. The summed E-state index contributed by atoms with van der Waals surface area (Å²) >= 11 is 5.87. The first-order chi connectivity index (χ1) is 13.6. The molecule has 152 valence electrons. The number of amides is 1. The number of methoxy groups -OCH3 is 1. The van der Waals surface area contributed by atoms with Crippen molar-refractivity contribution >= 4 is 34.5 Å². The molecule has 12 heteroatoms. The molecule has 2 heterocycles. The van der Waals surface area contributed by atoms with Crippen molar-refractivity contribution in [3.63, 3.8) is 0 Å². The fraction of sp³-hybridized carbons (Fsp3) is 0.176. The molecule has 0 saturated carbocycles. The minimum Gasteiger partial charge on any atom is -0.495 e. The number of rotatable bonds is 5. The Kier molecular flexibility index (Phi) is 5.33. The summed E-state index contributed by atoms with van der Waals surface area (Å²) in [5.74, 6) is -0.392. The number of nitro groups is 1. The Bertz CT molecular complexity index is 1110. The summed E-state index contributed by atoms with van der Waals surface area (Å²) in [6, 6.07) is 4.43. The molecule has 1 amide bonds. The zero-order valence-corrected chi connectivity index (χ0v) is 15.4. The van der Waals surface area contributed by atoms with Crippen LogP contribution in [-0.2, 0) is 17.4 Å². The Morgan fingerprint density at radius 1 is 1.34 bits per heavy atom. The van der Waals surface area contributed by atoms with Crippen molar-refractivity contribution in [1.29, 1.82) is 0 Å². The number of nitrogens with zero attached hydrogens (tertiary/aromatic N) is 3. The molecule has 0 bridgehead atoms. The van der Waals surface area contributed by atoms with E-state index in [1.54, 1.807) is 0 Å². The van der Waals surface area contributed by atoms with E-state index in [1.165, 1.54) is 25.4 Å². The highest BCUT2D eigenvalue weighted by Crippen LogP contribution is 2.32. The van der Waals surface area contributed by atoms with Crippen LogP contribution >= 0.6 is 11.6 Å². The van der Waals surface area contributed by atoms with Crippen LogP contribution in [0.3, 0.4) is 0 Å². The van der Waals surface area contributed by atoms with Gasteiger partial charge in [0.15, 0.2) is 5.65 Å². The third-order valence-corrected chi connectivity index (χ3v) is 4.17. The Balaban J connectivity index is 1.84. The second-order valence-corrected chi connectivity index (χ2v) is 6.31. The predicted molar refractivity (Wildman–Crippen MR) is 97.2 cm³/mol. The number of benzene rings is 1. The van der Waals surface area contributed by atoms with Gasteiger partial charge >= 0.3 is 6.18 Å². The number of halogens is 4. The van der Waals surface area contributed by atoms with E-state index < -0.39 is 22.6 Å². The van der Waals surface area contributed by atoms with E-state index in [0.717, 1.165) is 22.7 Å². The molecular formula is C17H12ClF3N4O4. The normalized spacial score (nSPS) is 11.5. The molecule has 0 saturated heterocycles. The Morgan fingerprint density at radius 2 is 2.07 bits per heavy atom. The van der Waals surface area contributed by atoms with E-state index in [1.807, 2.05) is 0 Å². The Labute approximate surface area is 166 Å². The van der Waals surface area contributed by atoms with Gasteiger partial charge in [0.2, 0.25) is 5.91 Å². The van der Waals surface area contributed by atoms with E-state index in [0.29, 0.717) is 0 Å². The molecule has 0 unspecified atom stereocenters. The highest BCUT2D eigenvalue weighted by molar-refractivity contribution is 6.33. The van der Waals surface area contributed by atoms with Gasteiger partial charge in [-0.3, -0.25) is 14.9 Å². The van der Waals surface area contributed by atoms with Gasteiger partial charge < -0.3 is 14.5 Å². The number of anilines is 1. The molecule has 29 heavy (non-hydrogen) atoms. The first-order valence-electron chi connectivity index (χ1n) is 7.95. The van der Waals surface area contributed by atoms with E-state index in [-0.39, 0.29) is 39.9 Å². The standard InChI is InChI=1S/C17H12ClF3N4O4/c1-29-14-3-2-11(25(27)28)6-13(14)23-15(26)5-10-8-24-7-9(17(19,20)21)4-12(18)16(24)22-10/h2-4,6-8H,5H2,1H3,(H,23,26). The summed E-state index contributed by atoms with van der Waals surface area (Å²) in [5, 5.41) is 13.2. The summed E-state index contributed by atoms with van der Waals surface area (Å²) in [7, 11) is 1.33. The van der Waals surface area contributed by atoms with Crippen molar-refractivity contribution in [3.8, 4) is 5.75 Å². The number of nitrogens with one attached hydrogen (secondary N) is 1. The fourth-order valence-corrected chi connectivity index (χ4v) is 2.87. The summed E-state index contributed by atoms with van der Waals surface area (Å²) in [6.45, 7) is 0. The van der Waals surface area contributed by atoms with E-state index in [2.05, 4.69) is 10.3 Å². The maximum absolute atomic E-state index is 12.9. The lowest BCUT2D eigenvalue weighted by Gasteiger charge is -2.09. The molecule has 0 atom stereocenters. The molecule has 1 aromatic carbocycles. The fourth-order valence-electron chi connectivity index (χ4n) is 2.61. The SMILES string of the molecule is COc1ccc([N+](=O)[O-])cc1NC(=O)Cc1cn2cc(C(F)(F)F)cc(Cl)c2n1. The second-order valence-electron chi connectivity index (χ2n) is 5.90. The number of hydrogen-bond donors (Lipinski definition) is 1. The first kappa shape index (κ1) is 20.4. The van der Waals surface area contributed by atoms with Gasteiger partial charge in [0.05, 0.1) is 40.4 Å². The number of carbonyl (C=O) groups is 1. The van der Waals surface area contributed by atoms with Gasteiger partial charge in [-0.25, -0.2) is 4.98 Å². The van der Waals surface area contributed by atoms with Crippen LogP contribution in [0.1, 0.15) is 11.3 Å². The lowest BCUT2D eigenvalue weighted by Crippen LogP contribution is -2.15. The van der Waals surface area contributed by atoms with Crippen molar-refractivity contribution in [1.82, 2.24) is 9.38 Å². The van der Waals surface area contributed by atoms with Gasteiger partial charge in [0.1, 0.15) is 5.75 Å². The van der Waals surface area contributed by atoms with Crippen molar-refractivity contribution in [2.45, 2.75) is 12.6 Å². The van der Waals surface area contributed by atoms with Gasteiger partial charge in [-0.1, -0.05) is 11.6 Å². The maximum atomic E-state index is 12.9. The number of aromatic nitrogens is 2. The second kappa shape index (κ2) is 7.59. The zero-order valence-electron chi connectivity index (χ0n) is 14.7. The van der Waals surface area contributed by atoms with Crippen LogP contribution in [-0.4, -0.2) is 27.3 Å². The number of alkyl halides is 3. The van der Waals surface area contributed by atoms with Crippen molar-refractivity contribution in [2.75, 3.05) is 12.4 Å². The quantitative estimate of drug-likeness (QED) is 0.487. The number of non-ortho nitro benzene ring substituents is 1. The Morgan fingerprint density at radius 3 is 2.69 bits per heavy atom. The maximum Gasteiger partial charge on any atom is 0.417 e. The molecule has 2 aromatic heterocycles. The van der Waals surface area contributed by atoms with Gasteiger partial charge in [0, 0.05) is 24.5 Å². The summed E-state index contributed by atoms with van der Waals surface area (Å²) in [6.07, 6.45) is -2.82. The highest BCUT2D eigenvalue weighted by atomic mass is 35.5. The first-order valence-corrected chi connectivity index (χ1v) is 8.33. The average molecular weight is 429 g/mol. The summed E-state index contributed by atoms with van der Waals surface area (Å²) in [4.78, 5) is 26.7. The number of fused-ring (bicyclic) bond motifs is 1. The lowest BCUT2D eigenvalue weighted by molar-refractivity contribution is -0.384. The number of imidazole rings is 1. The third-order valence-electron chi connectivity index (χ3n) is 3.89. The van der Waals surface area contributed by atoms with Crippen molar-refractivity contribution < 1.29 is 27.6 Å². The van der Waals surface area contributed by atoms with Crippen molar-refractivity contribution in [2.24, 2.45) is 0 Å². The molecule has 0 fully saturated rings. The monoisotopic (exact) mass is 428 g/mol. The highest BCUT2D eigenvalue weighted by Gasteiger charge is 2.32. The minimum absolute atomic E-state index is 0.0652. The number of hydrogen-bond acceptors (Lipinski definition) is 5. The molecule has 8 nitrogen and oxygen atoms in total. The third kappa shape index (κ3) is 4.40. The smallest absolute Gasteiger partial charge is 0.417 e. The number of ether oxygens (including phenoxy) is 1. The van der Waals surface area contributed by atoms with Crippen LogP contribution in [0.25, 0.3) is 5.65 Å². The van der Waals surface area contributed by atoms with Gasteiger partial charge in [-0.15, -0.1) is 0 Å². The van der Waals surface area contributed by atoms with E-state index in [4.69, 9.17) is 16.3 Å². The molecule has 0 spiro atoms. The van der Waals surface area contributed by atoms with Crippen LogP contribution < -0.4 is 10.1 Å². The summed E-state index contributed by atoms with van der Waals surface area (Å²) in [5.41, 5.74) is -0.901. The number of pyridine rings is 1. The molecule has 0 aliphatic carbocycles. The molecular weight excluding hydrogens is 417 g/mol. The molecule has 0 aliphatic rings. The average Bonchev–Trinajstić information content (AvgIpc) is 3.03. The van der Waals surface area contributed by atoms with Crippen LogP contribution in [0.2, 0.25) is 5.02 Å². The number of carbonyl (C=O) groups excluding carboxylic acids is 1. The van der Waals surface area contributed by atoms with E-state index >= 15 is 0 Å². The largest absolute Gasteiger partial charge is 0.495 e.